The number of hydrogen-bond donors (Lipinski definition) is 0. The number of esters is 3. The predicted octanol–water partition coefficient (Wildman–Crippen LogP) is 10.0. The molecule has 42 heavy (non-hydrogen) atoms. The van der Waals surface area contributed by atoms with Crippen LogP contribution in [-0.2, 0) is 28.6 Å². The number of hydrogen-bond acceptors (Lipinski definition) is 6. The second kappa shape index (κ2) is 20.4. The first kappa shape index (κ1) is 40.4. The molecular weight excluding hydrogens is 528 g/mol. The minimum Gasteiger partial charge on any atom is -0.464 e. The molecule has 6 nitrogen and oxygen atoms in total. The van der Waals surface area contributed by atoms with Gasteiger partial charge in [-0.05, 0) is 67.2 Å². The summed E-state index contributed by atoms with van der Waals surface area (Å²) in [4.78, 5) is 39.6. The Morgan fingerprint density at radius 3 is 0.905 bits per heavy atom. The average Bonchev–Trinajstić information content (AvgIpc) is 2.95. The van der Waals surface area contributed by atoms with E-state index in [0.29, 0.717) is 6.42 Å². The smallest absolute Gasteiger partial charge is 0.311 e. The molecule has 0 heterocycles. The first-order chi connectivity index (χ1) is 19.6. The Balaban J connectivity index is 5.59. The van der Waals surface area contributed by atoms with Gasteiger partial charge in [0.2, 0.25) is 0 Å². The van der Waals surface area contributed by atoms with Gasteiger partial charge >= 0.3 is 17.9 Å². The van der Waals surface area contributed by atoms with Gasteiger partial charge in [0.25, 0.3) is 0 Å². The Morgan fingerprint density at radius 1 is 0.429 bits per heavy atom. The lowest BCUT2D eigenvalue weighted by atomic mass is 9.84. The molecule has 0 unspecified atom stereocenters. The predicted molar refractivity (Wildman–Crippen MR) is 173 cm³/mol. The summed E-state index contributed by atoms with van der Waals surface area (Å²) < 4.78 is 17.8. The lowest BCUT2D eigenvalue weighted by Crippen LogP contribution is -2.43. The maximum absolute atomic E-state index is 13.2. The van der Waals surface area contributed by atoms with Gasteiger partial charge in [0, 0.05) is 0 Å². The highest BCUT2D eigenvalue weighted by atomic mass is 16.6. The van der Waals surface area contributed by atoms with E-state index in [2.05, 4.69) is 20.8 Å². The summed E-state index contributed by atoms with van der Waals surface area (Å²) in [7, 11) is 0. The van der Waals surface area contributed by atoms with Crippen LogP contribution in [0.4, 0.5) is 0 Å². The highest BCUT2D eigenvalue weighted by Crippen LogP contribution is 2.33. The Morgan fingerprint density at radius 2 is 0.690 bits per heavy atom. The van der Waals surface area contributed by atoms with Gasteiger partial charge in [-0.2, -0.15) is 0 Å². The maximum Gasteiger partial charge on any atom is 0.311 e. The standard InChI is InChI=1S/C36H68O6/c1-11-15-18-21-24-33(5,6)30(37)40-27-36(14-4,28-41-31(38)34(7,8)25-22-19-16-12-2)29-42-32(39)35(9,10)26-23-20-17-13-3/h11-29H2,1-10H3. The normalized spacial score (nSPS) is 12.7. The number of rotatable bonds is 25. The van der Waals surface area contributed by atoms with Gasteiger partial charge < -0.3 is 14.2 Å². The van der Waals surface area contributed by atoms with Crippen molar-refractivity contribution >= 4 is 17.9 Å². The topological polar surface area (TPSA) is 78.9 Å². The van der Waals surface area contributed by atoms with Crippen molar-refractivity contribution in [3.8, 4) is 0 Å². The minimum atomic E-state index is -0.810. The van der Waals surface area contributed by atoms with Gasteiger partial charge in [0.1, 0.15) is 19.8 Å². The monoisotopic (exact) mass is 597 g/mol. The van der Waals surface area contributed by atoms with Crippen molar-refractivity contribution < 1.29 is 28.6 Å². The highest BCUT2D eigenvalue weighted by Gasteiger charge is 2.40. The molecule has 0 saturated carbocycles. The van der Waals surface area contributed by atoms with E-state index in [0.717, 1.165) is 96.3 Å². The van der Waals surface area contributed by atoms with E-state index in [1.807, 2.05) is 48.5 Å². The van der Waals surface area contributed by atoms with Crippen LogP contribution in [0.15, 0.2) is 0 Å². The van der Waals surface area contributed by atoms with Crippen LogP contribution in [0, 0.1) is 21.7 Å². The number of carbonyl (C=O) groups is 3. The second-order valence-corrected chi connectivity index (χ2v) is 14.7. The van der Waals surface area contributed by atoms with Crippen molar-refractivity contribution in [2.45, 2.75) is 172 Å². The molecule has 248 valence electrons. The molecule has 0 aromatic carbocycles. The first-order valence-corrected chi connectivity index (χ1v) is 17.1. The zero-order valence-electron chi connectivity index (χ0n) is 29.4. The molecule has 0 rings (SSSR count). The van der Waals surface area contributed by atoms with E-state index in [-0.39, 0.29) is 37.7 Å². The molecule has 0 aliphatic rings. The lowest BCUT2D eigenvalue weighted by molar-refractivity contribution is -0.174. The Kier molecular flexibility index (Phi) is 19.6. The van der Waals surface area contributed by atoms with Crippen molar-refractivity contribution in [2.75, 3.05) is 19.8 Å². The molecule has 0 bridgehead atoms. The lowest BCUT2D eigenvalue weighted by Gasteiger charge is -2.35. The number of carbonyl (C=O) groups excluding carboxylic acids is 3. The first-order valence-electron chi connectivity index (χ1n) is 17.1. The van der Waals surface area contributed by atoms with Gasteiger partial charge in [-0.3, -0.25) is 14.4 Å². The van der Waals surface area contributed by atoms with E-state index >= 15 is 0 Å². The van der Waals surface area contributed by atoms with Crippen LogP contribution in [0.3, 0.4) is 0 Å². The summed E-state index contributed by atoms with van der Waals surface area (Å²) in [5, 5.41) is 0. The Bertz CT molecular complexity index is 669. The maximum atomic E-state index is 13.2. The van der Waals surface area contributed by atoms with E-state index in [1.54, 1.807) is 0 Å². The molecule has 0 amide bonds. The molecular formula is C36H68O6. The molecule has 0 aliphatic carbocycles. The SMILES string of the molecule is CCCCCCC(C)(C)C(=O)OCC(CC)(COC(=O)C(C)(C)CCCCCC)COC(=O)C(C)(C)CCCCCC. The third kappa shape index (κ3) is 15.8. The molecule has 0 aliphatic heterocycles. The third-order valence-electron chi connectivity index (χ3n) is 8.90. The molecule has 0 N–H and O–H groups in total. The van der Waals surface area contributed by atoms with E-state index in [1.165, 1.54) is 0 Å². The number of ether oxygens (including phenoxy) is 3. The summed E-state index contributed by atoms with van der Waals surface area (Å²) in [5.74, 6) is -0.786. The molecule has 0 atom stereocenters. The van der Waals surface area contributed by atoms with Crippen LogP contribution in [0.2, 0.25) is 0 Å². The van der Waals surface area contributed by atoms with Crippen LogP contribution in [-0.4, -0.2) is 37.7 Å². The molecule has 0 aromatic heterocycles. The summed E-state index contributed by atoms with van der Waals surface area (Å²) in [5.41, 5.74) is -2.64. The highest BCUT2D eigenvalue weighted by molar-refractivity contribution is 5.77. The van der Waals surface area contributed by atoms with Crippen molar-refractivity contribution in [1.82, 2.24) is 0 Å². The van der Waals surface area contributed by atoms with Crippen LogP contribution in [0.1, 0.15) is 172 Å². The van der Waals surface area contributed by atoms with Crippen LogP contribution >= 0.6 is 0 Å². The molecule has 0 radical (unpaired) electrons. The van der Waals surface area contributed by atoms with Crippen LogP contribution in [0.25, 0.3) is 0 Å². The van der Waals surface area contributed by atoms with Crippen molar-refractivity contribution in [3.63, 3.8) is 0 Å². The zero-order valence-corrected chi connectivity index (χ0v) is 29.4. The summed E-state index contributed by atoms with van der Waals surface area (Å²) in [6.07, 6.45) is 15.9. The minimum absolute atomic E-state index is 0.0368. The van der Waals surface area contributed by atoms with Gasteiger partial charge in [-0.1, -0.05) is 105 Å². The van der Waals surface area contributed by atoms with E-state index in [9.17, 15) is 14.4 Å². The van der Waals surface area contributed by atoms with Gasteiger partial charge in [0.15, 0.2) is 0 Å². The molecule has 0 fully saturated rings. The second-order valence-electron chi connectivity index (χ2n) is 14.7. The average molecular weight is 597 g/mol. The fourth-order valence-corrected chi connectivity index (χ4v) is 4.96. The third-order valence-corrected chi connectivity index (χ3v) is 8.90. The zero-order chi connectivity index (χ0) is 32.3. The Hall–Kier alpha value is -1.59. The quantitative estimate of drug-likeness (QED) is 0.0593. The van der Waals surface area contributed by atoms with E-state index < -0.39 is 21.7 Å². The summed E-state index contributed by atoms with van der Waals surface area (Å²) in [6.45, 7) is 20.2. The fourth-order valence-electron chi connectivity index (χ4n) is 4.96. The van der Waals surface area contributed by atoms with Gasteiger partial charge in [-0.15, -0.1) is 0 Å². The molecule has 0 saturated heterocycles. The number of unbranched alkanes of at least 4 members (excludes halogenated alkanes) is 9. The molecule has 6 heteroatoms. The summed E-state index contributed by atoms with van der Waals surface area (Å²) >= 11 is 0. The van der Waals surface area contributed by atoms with Gasteiger partial charge in [0.05, 0.1) is 21.7 Å². The van der Waals surface area contributed by atoms with E-state index in [4.69, 9.17) is 14.2 Å². The fraction of sp³-hybridized carbons (Fsp3) is 0.917. The van der Waals surface area contributed by atoms with Gasteiger partial charge in [-0.25, -0.2) is 0 Å². The van der Waals surface area contributed by atoms with Crippen LogP contribution < -0.4 is 0 Å². The van der Waals surface area contributed by atoms with Crippen molar-refractivity contribution in [3.05, 3.63) is 0 Å². The van der Waals surface area contributed by atoms with Crippen LogP contribution in [0.5, 0.6) is 0 Å². The van der Waals surface area contributed by atoms with Crippen molar-refractivity contribution in [2.24, 2.45) is 21.7 Å². The Labute approximate surface area is 259 Å². The molecule has 0 aromatic rings. The van der Waals surface area contributed by atoms with Crippen molar-refractivity contribution in [1.29, 1.82) is 0 Å². The largest absolute Gasteiger partial charge is 0.464 e. The summed E-state index contributed by atoms with van der Waals surface area (Å²) in [6, 6.07) is 0. The molecule has 0 spiro atoms.